The number of H-pyrrole nitrogens is 1. The van der Waals surface area contributed by atoms with Crippen molar-refractivity contribution in [1.82, 2.24) is 20.6 Å². The summed E-state index contributed by atoms with van der Waals surface area (Å²) in [7, 11) is -0.220. The zero-order valence-electron chi connectivity index (χ0n) is 23.2. The number of aromatic nitrogens is 2. The number of benzene rings is 3. The van der Waals surface area contributed by atoms with E-state index in [2.05, 4.69) is 39.9 Å². The van der Waals surface area contributed by atoms with E-state index in [4.69, 9.17) is 4.98 Å². The van der Waals surface area contributed by atoms with Gasteiger partial charge < -0.3 is 15.6 Å². The quantitative estimate of drug-likeness (QED) is 0.159. The lowest BCUT2D eigenvalue weighted by atomic mass is 9.92. The summed E-state index contributed by atoms with van der Waals surface area (Å²) >= 11 is 1.19. The van der Waals surface area contributed by atoms with Crippen LogP contribution in [-0.4, -0.2) is 45.6 Å². The maximum atomic E-state index is 14.0. The molecule has 0 bridgehead atoms. The number of rotatable bonds is 10. The van der Waals surface area contributed by atoms with Gasteiger partial charge in [-0.1, -0.05) is 42.5 Å². The summed E-state index contributed by atoms with van der Waals surface area (Å²) in [6.45, 7) is 2.53. The maximum Gasteiger partial charge on any atom is 0.273 e. The molecule has 0 saturated heterocycles. The number of hydrogen-bond acceptors (Lipinski definition) is 6. The molecule has 6 rings (SSSR count). The second kappa shape index (κ2) is 11.7. The number of nitrogens with one attached hydrogen (secondary N) is 3. The minimum absolute atomic E-state index is 0.278. The number of anilines is 1. The number of fused-ring (bicyclic) bond motifs is 3. The van der Waals surface area contributed by atoms with E-state index in [9.17, 15) is 12.8 Å². The Hall–Kier alpha value is -4.09. The molecule has 0 aliphatic carbocycles. The predicted molar refractivity (Wildman–Crippen MR) is 170 cm³/mol. The highest BCUT2D eigenvalue weighted by Crippen LogP contribution is 2.41. The van der Waals surface area contributed by atoms with Gasteiger partial charge in [0.1, 0.15) is 15.7 Å². The van der Waals surface area contributed by atoms with Crippen LogP contribution in [0.2, 0.25) is 0 Å². The Morgan fingerprint density at radius 3 is 2.45 bits per heavy atom. The molecule has 0 fully saturated rings. The minimum atomic E-state index is -3.71. The third kappa shape index (κ3) is 5.30. The van der Waals surface area contributed by atoms with Crippen LogP contribution in [0.3, 0.4) is 0 Å². The van der Waals surface area contributed by atoms with Crippen molar-refractivity contribution >= 4 is 49.0 Å². The molecule has 0 amide bonds. The van der Waals surface area contributed by atoms with Crippen molar-refractivity contribution in [3.8, 4) is 22.3 Å². The van der Waals surface area contributed by atoms with Crippen molar-refractivity contribution in [1.29, 1.82) is 0 Å². The van der Waals surface area contributed by atoms with Crippen LogP contribution in [0.25, 0.3) is 44.2 Å². The summed E-state index contributed by atoms with van der Waals surface area (Å²) in [4.78, 5) is 8.16. The van der Waals surface area contributed by atoms with E-state index in [1.165, 1.54) is 33.3 Å². The fourth-order valence-corrected chi connectivity index (χ4v) is 7.46. The van der Waals surface area contributed by atoms with Gasteiger partial charge in [0.15, 0.2) is 0 Å². The van der Waals surface area contributed by atoms with Crippen molar-refractivity contribution in [3.05, 3.63) is 102 Å². The average molecular weight is 600 g/mol. The Morgan fingerprint density at radius 2 is 1.74 bits per heavy atom. The summed E-state index contributed by atoms with van der Waals surface area (Å²) in [6, 6.07) is 23.6. The molecule has 3 aromatic heterocycles. The lowest BCUT2D eigenvalue weighted by Crippen LogP contribution is -2.25. The van der Waals surface area contributed by atoms with Crippen LogP contribution in [0.1, 0.15) is 5.56 Å². The van der Waals surface area contributed by atoms with E-state index in [0.717, 1.165) is 58.2 Å². The molecule has 0 aliphatic heterocycles. The van der Waals surface area contributed by atoms with Crippen molar-refractivity contribution < 1.29 is 12.8 Å². The van der Waals surface area contributed by atoms with Crippen LogP contribution in [0.4, 0.5) is 10.1 Å². The van der Waals surface area contributed by atoms with Crippen LogP contribution in [-0.2, 0) is 16.6 Å². The van der Waals surface area contributed by atoms with Crippen LogP contribution >= 0.6 is 11.3 Å². The third-order valence-electron chi connectivity index (χ3n) is 7.36. The van der Waals surface area contributed by atoms with Gasteiger partial charge in [-0.15, -0.1) is 11.3 Å². The van der Waals surface area contributed by atoms with Gasteiger partial charge in [-0.25, -0.2) is 17.8 Å². The standard InChI is InChI=1S/C32H30FN5O2S2/c1-34-15-16-35-19-21-5-7-22(8-6-21)27-20-36-32-31(30(27)23-9-11-24(33)12-10-23)26-18-25(13-14-28(26)37-32)38(2)42(39,40)29-4-3-17-41-29/h3-14,17-18,20,34-35H,15-16,19H2,1-2H3,(H,36,37). The first-order valence-corrected chi connectivity index (χ1v) is 15.9. The largest absolute Gasteiger partial charge is 0.339 e. The van der Waals surface area contributed by atoms with E-state index in [0.29, 0.717) is 11.3 Å². The number of aromatic amines is 1. The van der Waals surface area contributed by atoms with E-state index < -0.39 is 10.0 Å². The minimum Gasteiger partial charge on any atom is -0.339 e. The number of halogens is 1. The lowest BCUT2D eigenvalue weighted by molar-refractivity contribution is 0.596. The molecule has 0 radical (unpaired) electrons. The van der Waals surface area contributed by atoms with Gasteiger partial charge in [0.25, 0.3) is 10.0 Å². The number of likely N-dealkylation sites (N-methyl/N-ethyl adjacent to an activating group) is 1. The second-order valence-corrected chi connectivity index (χ2v) is 13.2. The monoisotopic (exact) mass is 599 g/mol. The van der Waals surface area contributed by atoms with E-state index in [1.54, 1.807) is 42.8 Å². The van der Waals surface area contributed by atoms with E-state index in [1.807, 2.05) is 25.4 Å². The normalized spacial score (nSPS) is 11.9. The summed E-state index contributed by atoms with van der Waals surface area (Å²) in [5, 5.41) is 9.97. The molecule has 0 unspecified atom stereocenters. The number of nitrogens with zero attached hydrogens (tertiary/aromatic N) is 2. The predicted octanol–water partition coefficient (Wildman–Crippen LogP) is 6.38. The zero-order valence-corrected chi connectivity index (χ0v) is 24.8. The van der Waals surface area contributed by atoms with Crippen molar-refractivity contribution in [3.63, 3.8) is 0 Å². The van der Waals surface area contributed by atoms with Gasteiger partial charge in [0.2, 0.25) is 0 Å². The molecule has 6 aromatic rings. The van der Waals surface area contributed by atoms with Crippen molar-refractivity contribution in [2.75, 3.05) is 31.5 Å². The van der Waals surface area contributed by atoms with Crippen LogP contribution < -0.4 is 14.9 Å². The van der Waals surface area contributed by atoms with Gasteiger partial charge in [-0.3, -0.25) is 4.31 Å². The third-order valence-corrected chi connectivity index (χ3v) is 10.5. The highest BCUT2D eigenvalue weighted by atomic mass is 32.2. The first-order chi connectivity index (χ1) is 20.4. The smallest absolute Gasteiger partial charge is 0.273 e. The Kier molecular flexibility index (Phi) is 7.78. The van der Waals surface area contributed by atoms with E-state index in [-0.39, 0.29) is 10.0 Å². The van der Waals surface area contributed by atoms with E-state index >= 15 is 0 Å². The topological polar surface area (TPSA) is 90.1 Å². The SMILES string of the molecule is CNCCNCc1ccc(-c2cnc3[nH]c4ccc(N(C)S(=O)(=O)c5cccs5)cc4c3c2-c2ccc(F)cc2)cc1. The number of sulfonamides is 1. The number of thiophene rings is 1. The van der Waals surface area contributed by atoms with Gasteiger partial charge in [-0.2, -0.15) is 0 Å². The molecule has 0 atom stereocenters. The Bertz CT molecular complexity index is 1950. The molecule has 42 heavy (non-hydrogen) atoms. The number of pyridine rings is 1. The molecule has 0 aliphatic rings. The van der Waals surface area contributed by atoms with Crippen molar-refractivity contribution in [2.24, 2.45) is 0 Å². The molecular formula is C32H30FN5O2S2. The summed E-state index contributed by atoms with van der Waals surface area (Å²) in [5.74, 6) is -0.317. The van der Waals surface area contributed by atoms with Crippen molar-refractivity contribution in [2.45, 2.75) is 10.8 Å². The second-order valence-electron chi connectivity index (χ2n) is 10.0. The fraction of sp³-hybridized carbons (Fsp3) is 0.156. The number of hydrogen-bond donors (Lipinski definition) is 3. The Balaban J connectivity index is 1.50. The maximum absolute atomic E-state index is 14.0. The highest BCUT2D eigenvalue weighted by molar-refractivity contribution is 7.94. The summed E-state index contributed by atoms with van der Waals surface area (Å²) in [6.07, 6.45) is 1.84. The molecule has 3 N–H and O–H groups in total. The Labute approximate surface area is 248 Å². The Morgan fingerprint density at radius 1 is 0.976 bits per heavy atom. The lowest BCUT2D eigenvalue weighted by Gasteiger charge is -2.19. The van der Waals surface area contributed by atoms with Gasteiger partial charge in [0, 0.05) is 60.3 Å². The molecule has 0 spiro atoms. The summed E-state index contributed by atoms with van der Waals surface area (Å²) < 4.78 is 42.2. The first-order valence-electron chi connectivity index (χ1n) is 13.5. The first kappa shape index (κ1) is 28.0. The molecule has 7 nitrogen and oxygen atoms in total. The summed E-state index contributed by atoms with van der Waals surface area (Å²) in [5.41, 5.74) is 6.79. The van der Waals surface area contributed by atoms with Gasteiger partial charge >= 0.3 is 0 Å². The van der Waals surface area contributed by atoms with Gasteiger partial charge in [0.05, 0.1) is 5.69 Å². The fourth-order valence-electron chi connectivity index (χ4n) is 5.11. The average Bonchev–Trinajstić information content (AvgIpc) is 3.68. The molecule has 3 aromatic carbocycles. The zero-order chi connectivity index (χ0) is 29.3. The molecule has 0 saturated carbocycles. The molecular weight excluding hydrogens is 570 g/mol. The van der Waals surface area contributed by atoms with Crippen LogP contribution in [0.5, 0.6) is 0 Å². The highest BCUT2D eigenvalue weighted by Gasteiger charge is 2.24. The van der Waals surface area contributed by atoms with Gasteiger partial charge in [-0.05, 0) is 65.5 Å². The molecule has 10 heteroatoms. The molecule has 3 heterocycles. The van der Waals surface area contributed by atoms with Crippen LogP contribution in [0.15, 0.2) is 94.6 Å². The molecule has 214 valence electrons. The van der Waals surface area contributed by atoms with Crippen LogP contribution in [0, 0.1) is 5.82 Å².